The second-order valence-corrected chi connectivity index (χ2v) is 5.16. The van der Waals surface area contributed by atoms with Gasteiger partial charge < -0.3 is 5.32 Å². The molecule has 0 spiro atoms. The largest absolute Gasteiger partial charge is 0.331 e. The molecule has 0 bridgehead atoms. The molecule has 1 aromatic heterocycles. The van der Waals surface area contributed by atoms with Gasteiger partial charge in [-0.3, -0.25) is 10.5 Å². The number of rotatable bonds is 4. The van der Waals surface area contributed by atoms with Crippen molar-refractivity contribution in [2.75, 3.05) is 5.32 Å². The number of hydrogen-bond acceptors (Lipinski definition) is 3. The minimum absolute atomic E-state index is 0.428. The molecule has 3 aromatic rings. The fraction of sp³-hybridized carbons (Fsp3) is 0. The van der Waals surface area contributed by atoms with Crippen LogP contribution in [0, 0.1) is 0 Å². The normalized spacial score (nSPS) is 10.6. The van der Waals surface area contributed by atoms with Crippen LogP contribution in [0.4, 0.5) is 5.69 Å². The van der Waals surface area contributed by atoms with Crippen LogP contribution in [0.3, 0.4) is 0 Å². The average molecular weight is 321 g/mol. The Hall–Kier alpha value is -2.99. The van der Waals surface area contributed by atoms with E-state index in [-0.39, 0.29) is 0 Å². The number of nitrogens with one attached hydrogen (secondary N) is 3. The molecule has 0 aliphatic rings. The Labute approximate surface area is 139 Å². The lowest BCUT2D eigenvalue weighted by Crippen LogP contribution is -2.23. The van der Waals surface area contributed by atoms with E-state index in [0.29, 0.717) is 5.11 Å². The minimum Gasteiger partial charge on any atom is -0.331 e. The van der Waals surface area contributed by atoms with Crippen LogP contribution in [-0.4, -0.2) is 21.5 Å². The van der Waals surface area contributed by atoms with Crippen molar-refractivity contribution < 1.29 is 0 Å². The van der Waals surface area contributed by atoms with Gasteiger partial charge in [-0.2, -0.15) is 10.2 Å². The number of aromatic amines is 1. The summed E-state index contributed by atoms with van der Waals surface area (Å²) >= 11 is 5.20. The maximum Gasteiger partial charge on any atom is 0.191 e. The molecule has 23 heavy (non-hydrogen) atoms. The van der Waals surface area contributed by atoms with Gasteiger partial charge in [0.25, 0.3) is 0 Å². The zero-order valence-electron chi connectivity index (χ0n) is 12.2. The molecule has 0 saturated carbocycles. The third-order valence-electron chi connectivity index (χ3n) is 3.13. The van der Waals surface area contributed by atoms with Crippen LogP contribution >= 0.6 is 12.2 Å². The number of H-pyrrole nitrogens is 1. The van der Waals surface area contributed by atoms with Gasteiger partial charge in [0.1, 0.15) is 0 Å². The van der Waals surface area contributed by atoms with Crippen LogP contribution in [0.5, 0.6) is 0 Å². The van der Waals surface area contributed by atoms with Crippen LogP contribution in [0.1, 0.15) is 5.56 Å². The lowest BCUT2D eigenvalue weighted by atomic mass is 10.1. The quantitative estimate of drug-likeness (QED) is 0.391. The van der Waals surface area contributed by atoms with Crippen molar-refractivity contribution in [3.05, 3.63) is 72.4 Å². The number of hydrazone groups is 1. The van der Waals surface area contributed by atoms with Crippen LogP contribution in [0.15, 0.2) is 72.0 Å². The van der Waals surface area contributed by atoms with E-state index >= 15 is 0 Å². The molecular formula is C17H15N5S. The van der Waals surface area contributed by atoms with Gasteiger partial charge in [-0.1, -0.05) is 48.5 Å². The van der Waals surface area contributed by atoms with E-state index in [2.05, 4.69) is 26.0 Å². The molecule has 6 heteroatoms. The highest BCUT2D eigenvalue weighted by Crippen LogP contribution is 2.18. The Bertz CT molecular complexity index is 796. The van der Waals surface area contributed by atoms with Gasteiger partial charge in [-0.25, -0.2) is 0 Å². The Balaban J connectivity index is 1.63. The van der Waals surface area contributed by atoms with Crippen molar-refractivity contribution in [1.82, 2.24) is 15.6 Å². The molecule has 3 rings (SSSR count). The number of nitrogens with zero attached hydrogens (tertiary/aromatic N) is 2. The Kier molecular flexibility index (Phi) is 4.76. The number of anilines is 1. The van der Waals surface area contributed by atoms with Crippen LogP contribution in [-0.2, 0) is 0 Å². The van der Waals surface area contributed by atoms with Gasteiger partial charge in [-0.05, 0) is 24.4 Å². The second kappa shape index (κ2) is 7.33. The highest BCUT2D eigenvalue weighted by Gasteiger charge is 2.04. The number of benzene rings is 2. The third-order valence-corrected chi connectivity index (χ3v) is 3.33. The predicted molar refractivity (Wildman–Crippen MR) is 97.4 cm³/mol. The maximum absolute atomic E-state index is 5.20. The number of hydrogen-bond donors (Lipinski definition) is 3. The molecule has 0 amide bonds. The first kappa shape index (κ1) is 14.9. The molecule has 0 aliphatic heterocycles. The number of aromatic nitrogens is 2. The Morgan fingerprint density at radius 3 is 2.48 bits per heavy atom. The summed E-state index contributed by atoms with van der Waals surface area (Å²) in [5.74, 6) is 0. The van der Waals surface area contributed by atoms with Gasteiger partial charge in [0, 0.05) is 16.8 Å². The van der Waals surface area contributed by atoms with E-state index in [1.807, 2.05) is 60.7 Å². The molecule has 0 radical (unpaired) electrons. The Morgan fingerprint density at radius 2 is 1.74 bits per heavy atom. The summed E-state index contributed by atoms with van der Waals surface area (Å²) in [6.45, 7) is 0. The topological polar surface area (TPSA) is 65.1 Å². The molecule has 0 aliphatic carbocycles. The van der Waals surface area contributed by atoms with Gasteiger partial charge in [-0.15, -0.1) is 0 Å². The molecule has 0 fully saturated rings. The average Bonchev–Trinajstić information content (AvgIpc) is 3.05. The predicted octanol–water partition coefficient (Wildman–Crippen LogP) is 3.40. The molecule has 0 atom stereocenters. The molecule has 0 unspecified atom stereocenters. The first-order valence-corrected chi connectivity index (χ1v) is 7.47. The van der Waals surface area contributed by atoms with E-state index in [9.17, 15) is 0 Å². The molecule has 0 saturated heterocycles. The van der Waals surface area contributed by atoms with Gasteiger partial charge in [0.2, 0.25) is 0 Å². The van der Waals surface area contributed by atoms with Gasteiger partial charge in [0.15, 0.2) is 5.11 Å². The standard InChI is InChI=1S/C17H15N5S/c23-17(20-15-9-5-2-6-10-15)22-19-12-14-11-18-21-16(14)13-7-3-1-4-8-13/h1-12H,(H,18,21)(H2,20,22,23)/b19-12+. The maximum atomic E-state index is 5.20. The molecule has 114 valence electrons. The van der Waals surface area contributed by atoms with E-state index in [4.69, 9.17) is 12.2 Å². The summed E-state index contributed by atoms with van der Waals surface area (Å²) in [4.78, 5) is 0. The molecule has 2 aromatic carbocycles. The molecule has 1 heterocycles. The molecule has 3 N–H and O–H groups in total. The zero-order chi connectivity index (χ0) is 15.9. The summed E-state index contributed by atoms with van der Waals surface area (Å²) in [5.41, 5.74) is 6.55. The monoisotopic (exact) mass is 321 g/mol. The Morgan fingerprint density at radius 1 is 1.04 bits per heavy atom. The van der Waals surface area contributed by atoms with Gasteiger partial charge >= 0.3 is 0 Å². The van der Waals surface area contributed by atoms with E-state index in [1.54, 1.807) is 12.4 Å². The smallest absolute Gasteiger partial charge is 0.191 e. The molecular weight excluding hydrogens is 306 g/mol. The summed E-state index contributed by atoms with van der Waals surface area (Å²) < 4.78 is 0. The second-order valence-electron chi connectivity index (χ2n) is 4.76. The van der Waals surface area contributed by atoms with E-state index in [0.717, 1.165) is 22.5 Å². The third kappa shape index (κ3) is 4.02. The summed E-state index contributed by atoms with van der Waals surface area (Å²) in [6, 6.07) is 19.6. The summed E-state index contributed by atoms with van der Waals surface area (Å²) in [6.07, 6.45) is 3.41. The van der Waals surface area contributed by atoms with Crippen LogP contribution in [0.25, 0.3) is 11.3 Å². The SMILES string of the molecule is S=C(N/N=C/c1cn[nH]c1-c1ccccc1)Nc1ccccc1. The first-order valence-electron chi connectivity index (χ1n) is 7.07. The van der Waals surface area contributed by atoms with Crippen molar-refractivity contribution in [3.8, 4) is 11.3 Å². The fourth-order valence-electron chi connectivity index (χ4n) is 2.07. The van der Waals surface area contributed by atoms with Gasteiger partial charge in [0.05, 0.1) is 18.1 Å². The van der Waals surface area contributed by atoms with Crippen molar-refractivity contribution >= 4 is 29.2 Å². The van der Waals surface area contributed by atoms with Crippen LogP contribution in [0.2, 0.25) is 0 Å². The summed E-state index contributed by atoms with van der Waals surface area (Å²) in [7, 11) is 0. The highest BCUT2D eigenvalue weighted by atomic mass is 32.1. The van der Waals surface area contributed by atoms with E-state index in [1.165, 1.54) is 0 Å². The van der Waals surface area contributed by atoms with Crippen molar-refractivity contribution in [2.45, 2.75) is 0 Å². The minimum atomic E-state index is 0.428. The number of para-hydroxylation sites is 1. The lowest BCUT2D eigenvalue weighted by molar-refractivity contribution is 1.05. The van der Waals surface area contributed by atoms with Crippen LogP contribution < -0.4 is 10.7 Å². The highest BCUT2D eigenvalue weighted by molar-refractivity contribution is 7.80. The summed E-state index contributed by atoms with van der Waals surface area (Å²) in [5, 5.41) is 14.7. The first-order chi connectivity index (χ1) is 11.3. The van der Waals surface area contributed by atoms with Crippen molar-refractivity contribution in [1.29, 1.82) is 0 Å². The fourth-order valence-corrected chi connectivity index (χ4v) is 2.24. The van der Waals surface area contributed by atoms with Crippen molar-refractivity contribution in [2.24, 2.45) is 5.10 Å². The lowest BCUT2D eigenvalue weighted by Gasteiger charge is -2.06. The molecule has 5 nitrogen and oxygen atoms in total. The van der Waals surface area contributed by atoms with Crippen molar-refractivity contribution in [3.63, 3.8) is 0 Å². The number of thiocarbonyl (C=S) groups is 1. The zero-order valence-corrected chi connectivity index (χ0v) is 13.0. The van der Waals surface area contributed by atoms with E-state index < -0.39 is 0 Å².